The molecule has 0 amide bonds. The van der Waals surface area contributed by atoms with Crippen LogP contribution in [0.15, 0.2) is 36.0 Å². The van der Waals surface area contributed by atoms with Crippen molar-refractivity contribution in [3.63, 3.8) is 0 Å². The molecule has 0 atom stereocenters. The van der Waals surface area contributed by atoms with Crippen LogP contribution in [-0.4, -0.2) is 17.9 Å². The smallest absolute Gasteiger partial charge is 0.187 e. The molecule has 0 heterocycles. The molecule has 0 radical (unpaired) electrons. The standard InChI is InChI=1S/C13H17N3S/c1-4-7-14-13(17)16-15-9-12-6-5-10(2)8-11(12)3/h4-6,8-9H,1,7H2,2-3H3,(H2,14,16,17)/b15-9-. The second-order valence-corrected chi connectivity index (χ2v) is 4.14. The van der Waals surface area contributed by atoms with E-state index < -0.39 is 0 Å². The predicted octanol–water partition coefficient (Wildman–Crippen LogP) is 2.29. The second-order valence-electron chi connectivity index (χ2n) is 3.73. The molecule has 1 aromatic rings. The molecule has 2 N–H and O–H groups in total. The minimum Gasteiger partial charge on any atom is -0.358 e. The van der Waals surface area contributed by atoms with Crippen LogP contribution in [0.4, 0.5) is 0 Å². The number of benzene rings is 1. The van der Waals surface area contributed by atoms with Gasteiger partial charge in [0.1, 0.15) is 0 Å². The zero-order valence-electron chi connectivity index (χ0n) is 10.2. The number of hydrazone groups is 1. The first-order valence-corrected chi connectivity index (χ1v) is 5.79. The Hall–Kier alpha value is -1.68. The Balaban J connectivity index is 2.53. The van der Waals surface area contributed by atoms with Gasteiger partial charge in [-0.15, -0.1) is 6.58 Å². The van der Waals surface area contributed by atoms with Gasteiger partial charge in [-0.2, -0.15) is 5.10 Å². The van der Waals surface area contributed by atoms with Crippen molar-refractivity contribution in [1.29, 1.82) is 0 Å². The monoisotopic (exact) mass is 247 g/mol. The Morgan fingerprint density at radius 2 is 2.24 bits per heavy atom. The lowest BCUT2D eigenvalue weighted by molar-refractivity contribution is 0.941. The number of nitrogens with one attached hydrogen (secondary N) is 2. The lowest BCUT2D eigenvalue weighted by Gasteiger charge is -2.04. The first-order chi connectivity index (χ1) is 8.13. The van der Waals surface area contributed by atoms with Gasteiger partial charge in [0.15, 0.2) is 5.11 Å². The Morgan fingerprint density at radius 1 is 1.47 bits per heavy atom. The van der Waals surface area contributed by atoms with E-state index in [4.69, 9.17) is 12.2 Å². The van der Waals surface area contributed by atoms with Crippen LogP contribution in [0.2, 0.25) is 0 Å². The number of thiocarbonyl (C=S) groups is 1. The van der Waals surface area contributed by atoms with Crippen LogP contribution in [0.5, 0.6) is 0 Å². The van der Waals surface area contributed by atoms with E-state index in [1.165, 1.54) is 11.1 Å². The van der Waals surface area contributed by atoms with Crippen molar-refractivity contribution in [2.45, 2.75) is 13.8 Å². The number of rotatable bonds is 4. The molecule has 17 heavy (non-hydrogen) atoms. The molecule has 4 heteroatoms. The molecule has 90 valence electrons. The van der Waals surface area contributed by atoms with Crippen LogP contribution in [-0.2, 0) is 0 Å². The molecule has 3 nitrogen and oxygen atoms in total. The zero-order valence-corrected chi connectivity index (χ0v) is 11.0. The summed E-state index contributed by atoms with van der Waals surface area (Å²) in [5.41, 5.74) is 6.27. The van der Waals surface area contributed by atoms with Crippen molar-refractivity contribution in [2.75, 3.05) is 6.54 Å². The third-order valence-electron chi connectivity index (χ3n) is 2.20. The molecule has 0 aliphatic rings. The Morgan fingerprint density at radius 3 is 2.88 bits per heavy atom. The molecule has 0 saturated heterocycles. The molecule has 0 aromatic heterocycles. The third-order valence-corrected chi connectivity index (χ3v) is 2.44. The fraction of sp³-hybridized carbons (Fsp3) is 0.231. The molecule has 0 fully saturated rings. The van der Waals surface area contributed by atoms with Crippen LogP contribution < -0.4 is 10.7 Å². The molecule has 0 saturated carbocycles. The summed E-state index contributed by atoms with van der Waals surface area (Å²) in [4.78, 5) is 0. The fourth-order valence-electron chi connectivity index (χ4n) is 1.34. The van der Waals surface area contributed by atoms with E-state index in [0.717, 1.165) is 5.56 Å². The number of aryl methyl sites for hydroxylation is 2. The first kappa shape index (κ1) is 13.4. The summed E-state index contributed by atoms with van der Waals surface area (Å²) in [5, 5.41) is 7.49. The van der Waals surface area contributed by atoms with Crippen LogP contribution >= 0.6 is 12.2 Å². The molecule has 0 aliphatic carbocycles. The highest BCUT2D eigenvalue weighted by Crippen LogP contribution is 2.07. The Kier molecular flexibility index (Phi) is 5.36. The van der Waals surface area contributed by atoms with Gasteiger partial charge in [0.05, 0.1) is 6.21 Å². The number of hydrogen-bond acceptors (Lipinski definition) is 2. The quantitative estimate of drug-likeness (QED) is 0.371. The molecule has 0 aliphatic heterocycles. The summed E-state index contributed by atoms with van der Waals surface area (Å²) in [6.45, 7) is 8.35. The van der Waals surface area contributed by atoms with Gasteiger partial charge in [0, 0.05) is 6.54 Å². The molecular weight excluding hydrogens is 230 g/mol. The van der Waals surface area contributed by atoms with Crippen LogP contribution in [0.3, 0.4) is 0 Å². The van der Waals surface area contributed by atoms with Gasteiger partial charge in [-0.05, 0) is 37.2 Å². The Labute approximate surface area is 108 Å². The van der Waals surface area contributed by atoms with Crippen molar-refractivity contribution in [3.05, 3.63) is 47.5 Å². The lowest BCUT2D eigenvalue weighted by Crippen LogP contribution is -2.31. The number of nitrogens with zero attached hydrogens (tertiary/aromatic N) is 1. The average molecular weight is 247 g/mol. The fourth-order valence-corrected chi connectivity index (χ4v) is 1.47. The summed E-state index contributed by atoms with van der Waals surface area (Å²) in [6.07, 6.45) is 3.50. The minimum atomic E-state index is 0.492. The summed E-state index contributed by atoms with van der Waals surface area (Å²) in [6, 6.07) is 6.22. The summed E-state index contributed by atoms with van der Waals surface area (Å²) in [7, 11) is 0. The summed E-state index contributed by atoms with van der Waals surface area (Å²) in [5.74, 6) is 0. The lowest BCUT2D eigenvalue weighted by atomic mass is 10.1. The maximum absolute atomic E-state index is 5.00. The van der Waals surface area contributed by atoms with Crippen molar-refractivity contribution in [1.82, 2.24) is 10.7 Å². The molecule has 1 rings (SSSR count). The average Bonchev–Trinajstić information content (AvgIpc) is 2.29. The van der Waals surface area contributed by atoms with E-state index in [1.807, 2.05) is 6.07 Å². The van der Waals surface area contributed by atoms with Gasteiger partial charge >= 0.3 is 0 Å². The van der Waals surface area contributed by atoms with Crippen molar-refractivity contribution < 1.29 is 0 Å². The normalized spacial score (nSPS) is 10.2. The van der Waals surface area contributed by atoms with Gasteiger partial charge in [-0.3, -0.25) is 5.43 Å². The van der Waals surface area contributed by atoms with E-state index in [1.54, 1.807) is 12.3 Å². The van der Waals surface area contributed by atoms with Crippen molar-refractivity contribution >= 4 is 23.5 Å². The predicted molar refractivity (Wildman–Crippen MR) is 77.4 cm³/mol. The maximum Gasteiger partial charge on any atom is 0.187 e. The van der Waals surface area contributed by atoms with Gasteiger partial charge in [0.2, 0.25) is 0 Å². The van der Waals surface area contributed by atoms with E-state index >= 15 is 0 Å². The first-order valence-electron chi connectivity index (χ1n) is 5.38. The highest BCUT2D eigenvalue weighted by Gasteiger charge is 1.95. The SMILES string of the molecule is C=CCNC(=S)N/N=C\c1ccc(C)cc1C. The van der Waals surface area contributed by atoms with Crippen LogP contribution in [0.1, 0.15) is 16.7 Å². The summed E-state index contributed by atoms with van der Waals surface area (Å²) < 4.78 is 0. The summed E-state index contributed by atoms with van der Waals surface area (Å²) >= 11 is 5.00. The van der Waals surface area contributed by atoms with Crippen molar-refractivity contribution in [2.24, 2.45) is 5.10 Å². The topological polar surface area (TPSA) is 36.4 Å². The van der Waals surface area contributed by atoms with Crippen molar-refractivity contribution in [3.8, 4) is 0 Å². The van der Waals surface area contributed by atoms with Gasteiger partial charge in [0.25, 0.3) is 0 Å². The Bertz CT molecular complexity index is 438. The minimum absolute atomic E-state index is 0.492. The van der Waals surface area contributed by atoms with E-state index in [2.05, 4.69) is 48.4 Å². The van der Waals surface area contributed by atoms with Gasteiger partial charge < -0.3 is 5.32 Å². The zero-order chi connectivity index (χ0) is 12.7. The van der Waals surface area contributed by atoms with Gasteiger partial charge in [-0.25, -0.2) is 0 Å². The van der Waals surface area contributed by atoms with E-state index in [9.17, 15) is 0 Å². The molecule has 0 spiro atoms. The number of hydrogen-bond donors (Lipinski definition) is 2. The molecule has 0 bridgehead atoms. The van der Waals surface area contributed by atoms with Gasteiger partial charge in [-0.1, -0.05) is 29.8 Å². The molecule has 0 unspecified atom stereocenters. The highest BCUT2D eigenvalue weighted by molar-refractivity contribution is 7.80. The van der Waals surface area contributed by atoms with E-state index in [-0.39, 0.29) is 0 Å². The second kappa shape index (κ2) is 6.81. The van der Waals surface area contributed by atoms with Crippen LogP contribution in [0.25, 0.3) is 0 Å². The molecule has 1 aromatic carbocycles. The molecular formula is C13H17N3S. The highest BCUT2D eigenvalue weighted by atomic mass is 32.1. The maximum atomic E-state index is 5.00. The largest absolute Gasteiger partial charge is 0.358 e. The third kappa shape index (κ3) is 4.78. The van der Waals surface area contributed by atoms with Crippen LogP contribution in [0, 0.1) is 13.8 Å². The van der Waals surface area contributed by atoms with E-state index in [0.29, 0.717) is 11.7 Å².